The van der Waals surface area contributed by atoms with Gasteiger partial charge in [0.25, 0.3) is 0 Å². The lowest BCUT2D eigenvalue weighted by atomic mass is 10.0. The van der Waals surface area contributed by atoms with E-state index in [1.165, 1.54) is 18.2 Å². The first kappa shape index (κ1) is 13.2. The minimum atomic E-state index is -0.327. The molecule has 0 spiro atoms. The Bertz CT molecular complexity index is 625. The maximum absolute atomic E-state index is 13.2. The third-order valence-electron chi connectivity index (χ3n) is 2.62. The molecule has 0 atom stereocenters. The highest BCUT2D eigenvalue weighted by Crippen LogP contribution is 2.28. The van der Waals surface area contributed by atoms with E-state index in [0.29, 0.717) is 26.2 Å². The van der Waals surface area contributed by atoms with E-state index in [-0.39, 0.29) is 11.6 Å². The van der Waals surface area contributed by atoms with Crippen molar-refractivity contribution < 1.29 is 9.18 Å². The van der Waals surface area contributed by atoms with Crippen molar-refractivity contribution in [1.82, 2.24) is 0 Å². The second-order valence-electron chi connectivity index (χ2n) is 3.89. The lowest BCUT2D eigenvalue weighted by Gasteiger charge is -2.06. The minimum absolute atomic E-state index is 0.218. The van der Waals surface area contributed by atoms with Crippen LogP contribution in [-0.2, 0) is 0 Å². The molecule has 2 rings (SSSR count). The molecule has 2 aromatic rings. The van der Waals surface area contributed by atoms with Crippen LogP contribution in [0.15, 0.2) is 40.9 Å². The summed E-state index contributed by atoms with van der Waals surface area (Å²) in [5, 5.41) is 0.365. The fourth-order valence-corrected chi connectivity index (χ4v) is 2.20. The number of carbonyl (C=O) groups is 1. The first-order valence-electron chi connectivity index (χ1n) is 5.25. The van der Waals surface area contributed by atoms with E-state index in [4.69, 9.17) is 11.6 Å². The third-order valence-corrected chi connectivity index (χ3v) is 3.91. The molecule has 92 valence electrons. The molecular formula is C14H9BrClFO. The van der Waals surface area contributed by atoms with E-state index >= 15 is 0 Å². The summed E-state index contributed by atoms with van der Waals surface area (Å²) in [7, 11) is 0. The predicted octanol–water partition coefficient (Wildman–Crippen LogP) is 4.78. The molecule has 18 heavy (non-hydrogen) atoms. The number of hydrogen-bond donors (Lipinski definition) is 0. The first-order valence-corrected chi connectivity index (χ1v) is 6.42. The largest absolute Gasteiger partial charge is 0.289 e. The third kappa shape index (κ3) is 2.47. The predicted molar refractivity (Wildman–Crippen MR) is 73.7 cm³/mol. The fraction of sp³-hybridized carbons (Fsp3) is 0.0714. The van der Waals surface area contributed by atoms with Crippen LogP contribution in [0.2, 0.25) is 5.02 Å². The van der Waals surface area contributed by atoms with Crippen molar-refractivity contribution in [1.29, 1.82) is 0 Å². The van der Waals surface area contributed by atoms with Crippen LogP contribution in [0.5, 0.6) is 0 Å². The molecule has 1 nitrogen and oxygen atoms in total. The zero-order valence-corrected chi connectivity index (χ0v) is 11.8. The summed E-state index contributed by atoms with van der Waals surface area (Å²) < 4.78 is 13.8. The van der Waals surface area contributed by atoms with Crippen LogP contribution in [0.25, 0.3) is 0 Å². The van der Waals surface area contributed by atoms with Gasteiger partial charge in [-0.3, -0.25) is 4.79 Å². The topological polar surface area (TPSA) is 17.1 Å². The molecule has 0 unspecified atom stereocenters. The van der Waals surface area contributed by atoms with Gasteiger partial charge in [0, 0.05) is 15.6 Å². The van der Waals surface area contributed by atoms with E-state index in [2.05, 4.69) is 15.9 Å². The summed E-state index contributed by atoms with van der Waals surface area (Å²) in [6, 6.07) is 9.41. The lowest BCUT2D eigenvalue weighted by molar-refractivity contribution is 0.103. The molecule has 0 N–H and O–H groups in total. The van der Waals surface area contributed by atoms with Crippen molar-refractivity contribution in [2.24, 2.45) is 0 Å². The van der Waals surface area contributed by atoms with Gasteiger partial charge in [-0.15, -0.1) is 0 Å². The molecule has 0 saturated heterocycles. The Kier molecular flexibility index (Phi) is 3.83. The van der Waals surface area contributed by atoms with Gasteiger partial charge in [0.1, 0.15) is 5.82 Å². The van der Waals surface area contributed by atoms with Crippen LogP contribution in [0.1, 0.15) is 21.5 Å². The van der Waals surface area contributed by atoms with Gasteiger partial charge >= 0.3 is 0 Å². The summed E-state index contributed by atoms with van der Waals surface area (Å²) in [4.78, 5) is 12.3. The van der Waals surface area contributed by atoms with Gasteiger partial charge in [-0.2, -0.15) is 0 Å². The number of carbonyl (C=O) groups excluding carboxylic acids is 1. The highest BCUT2D eigenvalue weighted by molar-refractivity contribution is 9.10. The van der Waals surface area contributed by atoms with Gasteiger partial charge < -0.3 is 0 Å². The zero-order chi connectivity index (χ0) is 13.3. The zero-order valence-electron chi connectivity index (χ0n) is 9.51. The number of ketones is 1. The number of aryl methyl sites for hydroxylation is 1. The van der Waals surface area contributed by atoms with Gasteiger partial charge in [-0.25, -0.2) is 4.39 Å². The smallest absolute Gasteiger partial charge is 0.194 e. The van der Waals surface area contributed by atoms with E-state index < -0.39 is 0 Å². The molecule has 0 aliphatic heterocycles. The Labute approximate surface area is 118 Å². The lowest BCUT2D eigenvalue weighted by Crippen LogP contribution is -2.03. The summed E-state index contributed by atoms with van der Waals surface area (Å²) in [5.41, 5.74) is 1.26. The van der Waals surface area contributed by atoms with E-state index in [9.17, 15) is 9.18 Å². The van der Waals surface area contributed by atoms with Crippen LogP contribution < -0.4 is 0 Å². The molecule has 0 aliphatic carbocycles. The Morgan fingerprint density at radius 1 is 1.28 bits per heavy atom. The maximum Gasteiger partial charge on any atom is 0.194 e. The second-order valence-corrected chi connectivity index (χ2v) is 5.13. The molecule has 4 heteroatoms. The highest BCUT2D eigenvalue weighted by Gasteiger charge is 2.15. The fourth-order valence-electron chi connectivity index (χ4n) is 1.62. The van der Waals surface area contributed by atoms with Crippen LogP contribution in [0.4, 0.5) is 4.39 Å². The molecule has 2 aromatic carbocycles. The van der Waals surface area contributed by atoms with Crippen molar-refractivity contribution in [3.05, 3.63) is 68.4 Å². The summed E-state index contributed by atoms with van der Waals surface area (Å²) in [6.45, 7) is 1.62. The SMILES string of the molecule is Cc1cc(C(=O)c2cccc(Br)c2Cl)ccc1F. The van der Waals surface area contributed by atoms with Gasteiger partial charge in [-0.05, 0) is 58.7 Å². The summed E-state index contributed by atoms with van der Waals surface area (Å²) in [5.74, 6) is -0.545. The summed E-state index contributed by atoms with van der Waals surface area (Å²) in [6.07, 6.45) is 0. The number of rotatable bonds is 2. The number of benzene rings is 2. The average molecular weight is 328 g/mol. The molecule has 0 saturated carbocycles. The molecule has 0 fully saturated rings. The molecular weight excluding hydrogens is 319 g/mol. The average Bonchev–Trinajstić information content (AvgIpc) is 2.35. The normalized spacial score (nSPS) is 10.4. The Hall–Kier alpha value is -1.19. The quantitative estimate of drug-likeness (QED) is 0.725. The monoisotopic (exact) mass is 326 g/mol. The van der Waals surface area contributed by atoms with Crippen molar-refractivity contribution in [3.63, 3.8) is 0 Å². The molecule has 0 aromatic heterocycles. The standard InChI is InChI=1S/C14H9BrClFO/c1-8-7-9(5-6-12(8)17)14(18)10-3-2-4-11(15)13(10)16/h2-7H,1H3. The Morgan fingerprint density at radius 3 is 2.67 bits per heavy atom. The van der Waals surface area contributed by atoms with Crippen molar-refractivity contribution in [2.45, 2.75) is 6.92 Å². The summed E-state index contributed by atoms with van der Waals surface area (Å²) >= 11 is 9.34. The van der Waals surface area contributed by atoms with Gasteiger partial charge in [0.05, 0.1) is 5.02 Å². The van der Waals surface area contributed by atoms with Crippen LogP contribution in [0, 0.1) is 12.7 Å². The van der Waals surface area contributed by atoms with E-state index in [1.54, 1.807) is 25.1 Å². The number of halogens is 3. The van der Waals surface area contributed by atoms with Crippen LogP contribution >= 0.6 is 27.5 Å². The van der Waals surface area contributed by atoms with Crippen LogP contribution in [0.3, 0.4) is 0 Å². The van der Waals surface area contributed by atoms with Crippen molar-refractivity contribution >= 4 is 33.3 Å². The van der Waals surface area contributed by atoms with Crippen molar-refractivity contribution in [3.8, 4) is 0 Å². The molecule has 0 amide bonds. The van der Waals surface area contributed by atoms with E-state index in [1.807, 2.05) is 0 Å². The maximum atomic E-state index is 13.2. The number of hydrogen-bond acceptors (Lipinski definition) is 1. The Morgan fingerprint density at radius 2 is 2.00 bits per heavy atom. The molecule has 0 aliphatic rings. The highest BCUT2D eigenvalue weighted by atomic mass is 79.9. The molecule has 0 bridgehead atoms. The van der Waals surface area contributed by atoms with Gasteiger partial charge in [0.15, 0.2) is 5.78 Å². The van der Waals surface area contributed by atoms with Gasteiger partial charge in [-0.1, -0.05) is 17.7 Å². The second kappa shape index (κ2) is 5.21. The van der Waals surface area contributed by atoms with Gasteiger partial charge in [0.2, 0.25) is 0 Å². The van der Waals surface area contributed by atoms with E-state index in [0.717, 1.165) is 0 Å². The first-order chi connectivity index (χ1) is 8.50. The Balaban J connectivity index is 2.48. The minimum Gasteiger partial charge on any atom is -0.289 e. The molecule has 0 heterocycles. The molecule has 0 radical (unpaired) electrons. The van der Waals surface area contributed by atoms with Crippen molar-refractivity contribution in [2.75, 3.05) is 0 Å². The van der Waals surface area contributed by atoms with Crippen LogP contribution in [-0.4, -0.2) is 5.78 Å².